The van der Waals surface area contributed by atoms with Crippen molar-refractivity contribution in [2.45, 2.75) is 6.61 Å². The fraction of sp³-hybridized carbons (Fsp3) is 0.0667. The van der Waals surface area contributed by atoms with Crippen LogP contribution in [-0.2, 0) is 11.3 Å². The summed E-state index contributed by atoms with van der Waals surface area (Å²) in [6.45, 7) is 0.236. The molecule has 5 nitrogen and oxygen atoms in total. The third-order valence-electron chi connectivity index (χ3n) is 2.81. The number of benzene rings is 1. The normalized spacial score (nSPS) is 10.4. The highest BCUT2D eigenvalue weighted by Gasteiger charge is 2.06. The van der Waals surface area contributed by atoms with Crippen molar-refractivity contribution in [2.75, 3.05) is 5.32 Å². The number of aromatic nitrogens is 2. The number of amides is 1. The Balaban J connectivity index is 1.61. The van der Waals surface area contributed by atoms with Gasteiger partial charge in [-0.05, 0) is 17.7 Å². The molecule has 2 aromatic heterocycles. The van der Waals surface area contributed by atoms with Crippen LogP contribution in [0.25, 0.3) is 5.65 Å². The first-order valence-electron chi connectivity index (χ1n) is 6.23. The van der Waals surface area contributed by atoms with Gasteiger partial charge in [-0.1, -0.05) is 36.4 Å². The number of hydrogen-bond donors (Lipinski definition) is 1. The van der Waals surface area contributed by atoms with Gasteiger partial charge in [-0.2, -0.15) is 0 Å². The second-order valence-electron chi connectivity index (χ2n) is 4.28. The average Bonchev–Trinajstić information content (AvgIpc) is 2.88. The molecule has 0 radical (unpaired) electrons. The first kappa shape index (κ1) is 12.2. The van der Waals surface area contributed by atoms with Gasteiger partial charge in [0, 0.05) is 6.20 Å². The number of fused-ring (bicyclic) bond motifs is 1. The molecule has 0 atom stereocenters. The molecule has 1 N–H and O–H groups in total. The fourth-order valence-electron chi connectivity index (χ4n) is 1.86. The van der Waals surface area contributed by atoms with Gasteiger partial charge in [0.25, 0.3) is 0 Å². The third-order valence-corrected chi connectivity index (χ3v) is 2.81. The van der Waals surface area contributed by atoms with Gasteiger partial charge in [-0.25, -0.2) is 9.78 Å². The zero-order chi connectivity index (χ0) is 13.8. The largest absolute Gasteiger partial charge is 0.444 e. The molecule has 0 unspecified atom stereocenters. The molecule has 0 spiro atoms. The van der Waals surface area contributed by atoms with Gasteiger partial charge >= 0.3 is 6.09 Å². The van der Waals surface area contributed by atoms with Crippen LogP contribution >= 0.6 is 0 Å². The van der Waals surface area contributed by atoms with E-state index in [4.69, 9.17) is 4.74 Å². The molecule has 0 bridgehead atoms. The van der Waals surface area contributed by atoms with Gasteiger partial charge < -0.3 is 9.14 Å². The van der Waals surface area contributed by atoms with Crippen LogP contribution < -0.4 is 5.32 Å². The van der Waals surface area contributed by atoms with Crippen LogP contribution in [0.3, 0.4) is 0 Å². The minimum Gasteiger partial charge on any atom is -0.444 e. The third kappa shape index (κ3) is 2.77. The Labute approximate surface area is 115 Å². The van der Waals surface area contributed by atoms with Gasteiger partial charge in [-0.15, -0.1) is 0 Å². The summed E-state index contributed by atoms with van der Waals surface area (Å²) < 4.78 is 6.95. The van der Waals surface area contributed by atoms with E-state index in [1.807, 2.05) is 59.1 Å². The molecule has 3 aromatic rings. The van der Waals surface area contributed by atoms with E-state index in [1.54, 1.807) is 6.20 Å². The van der Waals surface area contributed by atoms with Crippen LogP contribution in [0.1, 0.15) is 5.56 Å². The number of hydrogen-bond acceptors (Lipinski definition) is 3. The molecular weight excluding hydrogens is 254 g/mol. The molecule has 0 aliphatic heterocycles. The standard InChI is InChI=1S/C15H13N3O2/c19-15(20-11-12-6-2-1-3-7-12)17-13-10-18-9-5-4-8-14(18)16-13/h1-10H,11H2,(H,17,19). The molecule has 0 aliphatic carbocycles. The van der Waals surface area contributed by atoms with Gasteiger partial charge in [-0.3, -0.25) is 5.32 Å². The van der Waals surface area contributed by atoms with E-state index in [0.29, 0.717) is 5.82 Å². The number of rotatable bonds is 3. The van der Waals surface area contributed by atoms with E-state index >= 15 is 0 Å². The number of pyridine rings is 1. The topological polar surface area (TPSA) is 55.6 Å². The quantitative estimate of drug-likeness (QED) is 0.793. The highest BCUT2D eigenvalue weighted by molar-refractivity contribution is 5.83. The Morgan fingerprint density at radius 1 is 1.15 bits per heavy atom. The van der Waals surface area contributed by atoms with Crippen molar-refractivity contribution in [3.63, 3.8) is 0 Å². The Morgan fingerprint density at radius 3 is 2.75 bits per heavy atom. The lowest BCUT2D eigenvalue weighted by atomic mass is 10.2. The van der Waals surface area contributed by atoms with Gasteiger partial charge in [0.15, 0.2) is 5.82 Å². The lowest BCUT2D eigenvalue weighted by Crippen LogP contribution is -2.13. The number of ether oxygens (including phenoxy) is 1. The van der Waals surface area contributed by atoms with E-state index in [0.717, 1.165) is 11.2 Å². The van der Waals surface area contributed by atoms with Crippen molar-refractivity contribution in [3.8, 4) is 0 Å². The van der Waals surface area contributed by atoms with Gasteiger partial charge in [0.1, 0.15) is 12.3 Å². The molecule has 2 heterocycles. The van der Waals surface area contributed by atoms with Crippen molar-refractivity contribution in [1.82, 2.24) is 9.38 Å². The van der Waals surface area contributed by atoms with Gasteiger partial charge in [0.05, 0.1) is 6.20 Å². The summed E-state index contributed by atoms with van der Waals surface area (Å²) in [5.74, 6) is 0.467. The number of nitrogens with zero attached hydrogens (tertiary/aromatic N) is 2. The second-order valence-corrected chi connectivity index (χ2v) is 4.28. The molecule has 20 heavy (non-hydrogen) atoms. The van der Waals surface area contributed by atoms with Crippen LogP contribution in [0.4, 0.5) is 10.6 Å². The number of anilines is 1. The van der Waals surface area contributed by atoms with E-state index in [-0.39, 0.29) is 6.61 Å². The number of imidazole rings is 1. The Kier molecular flexibility index (Phi) is 3.33. The van der Waals surface area contributed by atoms with Crippen LogP contribution in [0.5, 0.6) is 0 Å². The van der Waals surface area contributed by atoms with Crippen LogP contribution in [0.15, 0.2) is 60.9 Å². The predicted octanol–water partition coefficient (Wildman–Crippen LogP) is 3.08. The van der Waals surface area contributed by atoms with E-state index in [9.17, 15) is 4.79 Å². The number of nitrogens with one attached hydrogen (secondary N) is 1. The predicted molar refractivity (Wildman–Crippen MR) is 75.4 cm³/mol. The molecule has 1 amide bonds. The monoisotopic (exact) mass is 267 g/mol. The molecule has 1 aromatic carbocycles. The summed E-state index contributed by atoms with van der Waals surface area (Å²) in [6.07, 6.45) is 3.08. The summed E-state index contributed by atoms with van der Waals surface area (Å²) in [4.78, 5) is 15.9. The molecule has 100 valence electrons. The second kappa shape index (κ2) is 5.44. The Hall–Kier alpha value is -2.82. The number of carbonyl (C=O) groups is 1. The molecule has 0 aliphatic rings. The highest BCUT2D eigenvalue weighted by Crippen LogP contribution is 2.09. The summed E-state index contributed by atoms with van der Waals surface area (Å²) in [7, 11) is 0. The molecule has 5 heteroatoms. The molecule has 0 fully saturated rings. The average molecular weight is 267 g/mol. The van der Waals surface area contributed by atoms with Crippen LogP contribution in [0, 0.1) is 0 Å². The van der Waals surface area contributed by atoms with E-state index in [2.05, 4.69) is 10.3 Å². The molecule has 0 saturated carbocycles. The zero-order valence-electron chi connectivity index (χ0n) is 10.7. The minimum absolute atomic E-state index is 0.236. The van der Waals surface area contributed by atoms with Crippen LogP contribution in [0.2, 0.25) is 0 Å². The zero-order valence-corrected chi connectivity index (χ0v) is 10.7. The molecular formula is C15H13N3O2. The smallest absolute Gasteiger partial charge is 0.413 e. The van der Waals surface area contributed by atoms with Gasteiger partial charge in [0.2, 0.25) is 0 Å². The minimum atomic E-state index is -0.516. The van der Waals surface area contributed by atoms with Crippen molar-refractivity contribution in [3.05, 3.63) is 66.5 Å². The maximum absolute atomic E-state index is 11.7. The number of carbonyl (C=O) groups excluding carboxylic acids is 1. The SMILES string of the molecule is O=C(Nc1cn2ccccc2n1)OCc1ccccc1. The Morgan fingerprint density at radius 2 is 1.95 bits per heavy atom. The summed E-state index contributed by atoms with van der Waals surface area (Å²) >= 11 is 0. The molecule has 3 rings (SSSR count). The fourth-order valence-corrected chi connectivity index (χ4v) is 1.86. The van der Waals surface area contributed by atoms with E-state index < -0.39 is 6.09 Å². The van der Waals surface area contributed by atoms with Crippen molar-refractivity contribution in [1.29, 1.82) is 0 Å². The lowest BCUT2D eigenvalue weighted by molar-refractivity contribution is 0.155. The lowest BCUT2D eigenvalue weighted by Gasteiger charge is -2.04. The van der Waals surface area contributed by atoms with Crippen molar-refractivity contribution in [2.24, 2.45) is 0 Å². The summed E-state index contributed by atoms with van der Waals surface area (Å²) in [6, 6.07) is 15.2. The first-order chi connectivity index (χ1) is 9.81. The maximum atomic E-state index is 11.7. The highest BCUT2D eigenvalue weighted by atomic mass is 16.5. The maximum Gasteiger partial charge on any atom is 0.413 e. The Bertz CT molecular complexity index is 689. The van der Waals surface area contributed by atoms with Crippen LogP contribution in [-0.4, -0.2) is 15.5 Å². The van der Waals surface area contributed by atoms with E-state index in [1.165, 1.54) is 0 Å². The molecule has 0 saturated heterocycles. The van der Waals surface area contributed by atoms with Crippen molar-refractivity contribution >= 4 is 17.6 Å². The summed E-state index contributed by atoms with van der Waals surface area (Å²) in [5.41, 5.74) is 1.71. The summed E-state index contributed by atoms with van der Waals surface area (Å²) in [5, 5.41) is 2.61. The van der Waals surface area contributed by atoms with Crippen molar-refractivity contribution < 1.29 is 9.53 Å². The first-order valence-corrected chi connectivity index (χ1v) is 6.23.